The van der Waals surface area contributed by atoms with E-state index in [1.165, 1.54) is 4.68 Å². The zero-order chi connectivity index (χ0) is 12.1. The lowest BCUT2D eigenvalue weighted by molar-refractivity contribution is -0.141. The minimum absolute atomic E-state index is 0.0852. The minimum atomic E-state index is -0.869. The number of carboxylic acids is 1. The van der Waals surface area contributed by atoms with Crippen LogP contribution >= 0.6 is 0 Å². The van der Waals surface area contributed by atoms with Gasteiger partial charge < -0.3 is 9.84 Å². The average Bonchev–Trinajstić information content (AvgIpc) is 2.62. The molecule has 0 saturated heterocycles. The standard InChI is InChI=1S/C9H16N4O3/c1-6(2)16-5-8-10-11-12-13(8)4-7(3)9(14)15/h6-7H,4-5H2,1-3H3,(H,14,15). The third-order valence-electron chi connectivity index (χ3n) is 2.02. The highest BCUT2D eigenvalue weighted by Gasteiger charge is 2.15. The van der Waals surface area contributed by atoms with Gasteiger partial charge in [0.05, 0.1) is 18.6 Å². The molecule has 7 nitrogen and oxygen atoms in total. The Balaban J connectivity index is 2.60. The number of nitrogens with zero attached hydrogens (tertiary/aromatic N) is 4. The minimum Gasteiger partial charge on any atom is -0.481 e. The van der Waals surface area contributed by atoms with Gasteiger partial charge in [-0.3, -0.25) is 4.79 Å². The second kappa shape index (κ2) is 5.55. The van der Waals surface area contributed by atoms with E-state index in [0.717, 1.165) is 0 Å². The van der Waals surface area contributed by atoms with E-state index in [-0.39, 0.29) is 19.3 Å². The maximum atomic E-state index is 10.7. The highest BCUT2D eigenvalue weighted by Crippen LogP contribution is 2.03. The van der Waals surface area contributed by atoms with Crippen molar-refractivity contribution in [3.05, 3.63) is 5.82 Å². The van der Waals surface area contributed by atoms with E-state index < -0.39 is 11.9 Å². The van der Waals surface area contributed by atoms with E-state index >= 15 is 0 Å². The molecule has 0 radical (unpaired) electrons. The highest BCUT2D eigenvalue weighted by molar-refractivity contribution is 5.69. The van der Waals surface area contributed by atoms with Crippen molar-refractivity contribution in [2.24, 2.45) is 5.92 Å². The SMILES string of the molecule is CC(C)OCc1nnnn1CC(C)C(=O)O. The van der Waals surface area contributed by atoms with Gasteiger partial charge in [0.15, 0.2) is 5.82 Å². The molecule has 1 aromatic heterocycles. The van der Waals surface area contributed by atoms with Crippen molar-refractivity contribution in [3.63, 3.8) is 0 Å². The number of rotatable bonds is 6. The molecule has 7 heteroatoms. The van der Waals surface area contributed by atoms with Crippen LogP contribution in [0.1, 0.15) is 26.6 Å². The molecule has 0 saturated carbocycles. The van der Waals surface area contributed by atoms with Gasteiger partial charge in [-0.25, -0.2) is 4.68 Å². The van der Waals surface area contributed by atoms with Crippen molar-refractivity contribution < 1.29 is 14.6 Å². The molecule has 0 aromatic carbocycles. The van der Waals surface area contributed by atoms with Gasteiger partial charge in [-0.15, -0.1) is 5.10 Å². The molecule has 0 aliphatic heterocycles. The van der Waals surface area contributed by atoms with Crippen molar-refractivity contribution in [1.29, 1.82) is 0 Å². The number of aromatic nitrogens is 4. The Morgan fingerprint density at radius 1 is 1.50 bits per heavy atom. The molecule has 0 aliphatic rings. The molecule has 0 spiro atoms. The smallest absolute Gasteiger partial charge is 0.308 e. The van der Waals surface area contributed by atoms with Crippen LogP contribution in [0.25, 0.3) is 0 Å². The zero-order valence-electron chi connectivity index (χ0n) is 9.62. The van der Waals surface area contributed by atoms with Crippen LogP contribution in [0.5, 0.6) is 0 Å². The molecule has 1 aromatic rings. The van der Waals surface area contributed by atoms with Crippen LogP contribution in [0.15, 0.2) is 0 Å². The van der Waals surface area contributed by atoms with Crippen molar-refractivity contribution in [2.75, 3.05) is 0 Å². The Morgan fingerprint density at radius 3 is 2.75 bits per heavy atom. The molecule has 1 unspecified atom stereocenters. The first kappa shape index (κ1) is 12.6. The number of carboxylic acid groups (broad SMARTS) is 1. The fourth-order valence-corrected chi connectivity index (χ4v) is 1.05. The van der Waals surface area contributed by atoms with Crippen molar-refractivity contribution in [3.8, 4) is 0 Å². The van der Waals surface area contributed by atoms with Gasteiger partial charge in [0.25, 0.3) is 0 Å². The molecule has 0 fully saturated rings. The van der Waals surface area contributed by atoms with Gasteiger partial charge in [0, 0.05) is 0 Å². The summed E-state index contributed by atoms with van der Waals surface area (Å²) in [7, 11) is 0. The van der Waals surface area contributed by atoms with Crippen LogP contribution in [0.2, 0.25) is 0 Å². The molecule has 1 rings (SSSR count). The summed E-state index contributed by atoms with van der Waals surface area (Å²) in [6.07, 6.45) is 0.0852. The molecule has 0 amide bonds. The highest BCUT2D eigenvalue weighted by atomic mass is 16.5. The summed E-state index contributed by atoms with van der Waals surface area (Å²) >= 11 is 0. The molecule has 16 heavy (non-hydrogen) atoms. The van der Waals surface area contributed by atoms with Gasteiger partial charge in [-0.2, -0.15) is 0 Å². The molecule has 90 valence electrons. The maximum absolute atomic E-state index is 10.7. The first-order valence-electron chi connectivity index (χ1n) is 5.10. The van der Waals surface area contributed by atoms with Crippen molar-refractivity contribution >= 4 is 5.97 Å². The van der Waals surface area contributed by atoms with Gasteiger partial charge in [-0.05, 0) is 24.3 Å². The third-order valence-corrected chi connectivity index (χ3v) is 2.02. The van der Waals surface area contributed by atoms with Crippen LogP contribution in [0, 0.1) is 5.92 Å². The van der Waals surface area contributed by atoms with E-state index in [0.29, 0.717) is 5.82 Å². The summed E-state index contributed by atoms with van der Waals surface area (Å²) in [6, 6.07) is 0. The Kier molecular flexibility index (Phi) is 4.36. The van der Waals surface area contributed by atoms with E-state index in [2.05, 4.69) is 15.5 Å². The number of hydrogen-bond acceptors (Lipinski definition) is 5. The zero-order valence-corrected chi connectivity index (χ0v) is 9.62. The van der Waals surface area contributed by atoms with Crippen LogP contribution in [-0.4, -0.2) is 37.4 Å². The second-order valence-corrected chi connectivity index (χ2v) is 3.88. The first-order valence-corrected chi connectivity index (χ1v) is 5.10. The monoisotopic (exact) mass is 228 g/mol. The Bertz CT molecular complexity index is 350. The first-order chi connectivity index (χ1) is 7.50. The fraction of sp³-hybridized carbons (Fsp3) is 0.778. The summed E-state index contributed by atoms with van der Waals surface area (Å²) in [4.78, 5) is 10.7. The van der Waals surface area contributed by atoms with Gasteiger partial charge in [0.1, 0.15) is 6.61 Å². The van der Waals surface area contributed by atoms with Crippen LogP contribution in [0.4, 0.5) is 0 Å². The second-order valence-electron chi connectivity index (χ2n) is 3.88. The van der Waals surface area contributed by atoms with Gasteiger partial charge >= 0.3 is 5.97 Å². The number of aliphatic carboxylic acids is 1. The summed E-state index contributed by atoms with van der Waals surface area (Å²) < 4.78 is 6.82. The van der Waals surface area contributed by atoms with Gasteiger partial charge in [-0.1, -0.05) is 6.92 Å². The van der Waals surface area contributed by atoms with Crippen LogP contribution in [0.3, 0.4) is 0 Å². The number of carbonyl (C=O) groups is 1. The Hall–Kier alpha value is -1.50. The third kappa shape index (κ3) is 3.58. The molecule has 1 N–H and O–H groups in total. The van der Waals surface area contributed by atoms with E-state index in [1.54, 1.807) is 6.92 Å². The van der Waals surface area contributed by atoms with E-state index in [4.69, 9.17) is 9.84 Å². The Labute approximate surface area is 93.4 Å². The summed E-state index contributed by atoms with van der Waals surface area (Å²) in [5.41, 5.74) is 0. The summed E-state index contributed by atoms with van der Waals surface area (Å²) in [6.45, 7) is 5.97. The number of ether oxygens (including phenoxy) is 1. The number of tetrazole rings is 1. The fourth-order valence-electron chi connectivity index (χ4n) is 1.05. The van der Waals surface area contributed by atoms with Crippen LogP contribution in [-0.2, 0) is 22.7 Å². The van der Waals surface area contributed by atoms with Crippen LogP contribution < -0.4 is 0 Å². The topological polar surface area (TPSA) is 90.1 Å². The van der Waals surface area contributed by atoms with Crippen molar-refractivity contribution in [1.82, 2.24) is 20.2 Å². The van der Waals surface area contributed by atoms with E-state index in [9.17, 15) is 4.79 Å². The van der Waals surface area contributed by atoms with Gasteiger partial charge in [0.2, 0.25) is 0 Å². The maximum Gasteiger partial charge on any atom is 0.308 e. The molecular weight excluding hydrogens is 212 g/mol. The molecule has 1 atom stereocenters. The largest absolute Gasteiger partial charge is 0.481 e. The summed E-state index contributed by atoms with van der Waals surface area (Å²) in [5, 5.41) is 19.8. The predicted molar refractivity (Wildman–Crippen MR) is 54.5 cm³/mol. The molecule has 0 bridgehead atoms. The molecule has 1 heterocycles. The Morgan fingerprint density at radius 2 is 2.19 bits per heavy atom. The lowest BCUT2D eigenvalue weighted by Gasteiger charge is -2.09. The molecule has 0 aliphatic carbocycles. The normalized spacial score (nSPS) is 13.0. The quantitative estimate of drug-likeness (QED) is 0.754. The lowest BCUT2D eigenvalue weighted by atomic mass is 10.2. The molecular formula is C9H16N4O3. The average molecular weight is 228 g/mol. The predicted octanol–water partition coefficient (Wildman–Crippen LogP) is 0.319. The summed E-state index contributed by atoms with van der Waals surface area (Å²) in [5.74, 6) is -0.852. The van der Waals surface area contributed by atoms with Crippen molar-refractivity contribution in [2.45, 2.75) is 40.0 Å². The lowest BCUT2D eigenvalue weighted by Crippen LogP contribution is -2.20. The number of hydrogen-bond donors (Lipinski definition) is 1. The van der Waals surface area contributed by atoms with E-state index in [1.807, 2.05) is 13.8 Å².